The van der Waals surface area contributed by atoms with Crippen molar-refractivity contribution < 1.29 is 14.9 Å². The molecular formula is C33H43N5O3. The van der Waals surface area contributed by atoms with Crippen molar-refractivity contribution in [3.8, 4) is 5.75 Å². The molecule has 1 unspecified atom stereocenters. The van der Waals surface area contributed by atoms with Gasteiger partial charge in [-0.05, 0) is 79.6 Å². The predicted octanol–water partition coefficient (Wildman–Crippen LogP) is 4.81. The van der Waals surface area contributed by atoms with Gasteiger partial charge in [-0.1, -0.05) is 24.3 Å². The third-order valence-corrected chi connectivity index (χ3v) is 7.94. The van der Waals surface area contributed by atoms with Crippen LogP contribution in [0.4, 0.5) is 11.4 Å². The SMILES string of the molecule is Cc1ccc(CCCO)c(NCc2ccc3c(c2)C(Cc2nc(C)ccc2O)C(=NCCCN2CCOCC2)N3)c1. The molecule has 0 saturated carbocycles. The molecule has 8 heteroatoms. The topological polar surface area (TPSA) is 102 Å². The Morgan fingerprint density at radius 2 is 1.93 bits per heavy atom. The van der Waals surface area contributed by atoms with Crippen molar-refractivity contribution in [1.29, 1.82) is 0 Å². The molecule has 0 bridgehead atoms. The quantitative estimate of drug-likeness (QED) is 0.237. The summed E-state index contributed by atoms with van der Waals surface area (Å²) in [5.41, 5.74) is 8.56. The smallest absolute Gasteiger partial charge is 0.137 e. The molecule has 1 saturated heterocycles. The molecule has 5 rings (SSSR count). The molecular weight excluding hydrogens is 514 g/mol. The molecule has 1 aromatic heterocycles. The Labute approximate surface area is 243 Å². The summed E-state index contributed by atoms with van der Waals surface area (Å²) < 4.78 is 5.47. The fraction of sp³-hybridized carbons (Fsp3) is 0.455. The van der Waals surface area contributed by atoms with Crippen LogP contribution in [-0.2, 0) is 24.1 Å². The van der Waals surface area contributed by atoms with Gasteiger partial charge in [0, 0.05) is 68.7 Å². The number of pyridine rings is 1. The number of aryl methyl sites for hydroxylation is 3. The lowest BCUT2D eigenvalue weighted by atomic mass is 9.93. The second kappa shape index (κ2) is 13.9. The number of aromatic hydroxyl groups is 1. The predicted molar refractivity (Wildman–Crippen MR) is 165 cm³/mol. The Hall–Kier alpha value is -3.46. The summed E-state index contributed by atoms with van der Waals surface area (Å²) >= 11 is 0. The van der Waals surface area contributed by atoms with Gasteiger partial charge >= 0.3 is 0 Å². The van der Waals surface area contributed by atoms with Crippen LogP contribution in [0.2, 0.25) is 0 Å². The molecule has 3 aromatic rings. The number of aliphatic imine (C=N–C) groups is 1. The number of benzene rings is 2. The van der Waals surface area contributed by atoms with E-state index in [0.717, 1.165) is 81.6 Å². The zero-order valence-corrected chi connectivity index (χ0v) is 24.3. The van der Waals surface area contributed by atoms with Crippen molar-refractivity contribution in [3.63, 3.8) is 0 Å². The number of nitrogens with one attached hydrogen (secondary N) is 2. The minimum absolute atomic E-state index is 0.00683. The second-order valence-electron chi connectivity index (χ2n) is 11.1. The fourth-order valence-corrected chi connectivity index (χ4v) is 5.66. The highest BCUT2D eigenvalue weighted by molar-refractivity contribution is 6.06. The number of aliphatic hydroxyl groups is 1. The molecule has 0 radical (unpaired) electrons. The van der Waals surface area contributed by atoms with Crippen LogP contribution in [0.25, 0.3) is 0 Å². The number of amidine groups is 1. The van der Waals surface area contributed by atoms with Gasteiger partial charge in [0.15, 0.2) is 0 Å². The van der Waals surface area contributed by atoms with E-state index in [9.17, 15) is 10.2 Å². The van der Waals surface area contributed by atoms with E-state index in [1.807, 2.05) is 13.0 Å². The number of ether oxygens (including phenoxy) is 1. The van der Waals surface area contributed by atoms with E-state index >= 15 is 0 Å². The second-order valence-corrected chi connectivity index (χ2v) is 11.1. The van der Waals surface area contributed by atoms with Crippen molar-refractivity contribution in [1.82, 2.24) is 9.88 Å². The van der Waals surface area contributed by atoms with Gasteiger partial charge < -0.3 is 25.6 Å². The van der Waals surface area contributed by atoms with E-state index in [2.05, 4.69) is 63.8 Å². The van der Waals surface area contributed by atoms with Gasteiger partial charge in [-0.25, -0.2) is 0 Å². The average Bonchev–Trinajstić information content (AvgIpc) is 3.32. The lowest BCUT2D eigenvalue weighted by Gasteiger charge is -2.26. The minimum Gasteiger partial charge on any atom is -0.506 e. The van der Waals surface area contributed by atoms with E-state index in [-0.39, 0.29) is 18.3 Å². The lowest BCUT2D eigenvalue weighted by molar-refractivity contribution is 0.0377. The van der Waals surface area contributed by atoms with Gasteiger partial charge in [0.05, 0.1) is 18.9 Å². The van der Waals surface area contributed by atoms with Crippen LogP contribution in [0.1, 0.15) is 52.4 Å². The standard InChI is InChI=1S/C33H43N5O3/c1-23-6-9-26(5-3-16-39)30(19-23)35-22-25-8-10-29-27(20-25)28(21-31-32(40)11-7-24(2)36-31)33(37-29)34-12-4-13-38-14-17-41-18-15-38/h6-11,19-20,28,35,39-40H,3-5,12-18,21-22H2,1-2H3,(H,34,37). The number of rotatable bonds is 12. The maximum absolute atomic E-state index is 10.6. The first-order chi connectivity index (χ1) is 20.0. The van der Waals surface area contributed by atoms with Crippen molar-refractivity contribution in [3.05, 3.63) is 82.2 Å². The summed E-state index contributed by atoms with van der Waals surface area (Å²) in [6.07, 6.45) is 3.16. The van der Waals surface area contributed by atoms with Crippen LogP contribution in [0.5, 0.6) is 5.75 Å². The lowest BCUT2D eigenvalue weighted by Crippen LogP contribution is -2.37. The molecule has 4 N–H and O–H groups in total. The minimum atomic E-state index is -0.00683. The van der Waals surface area contributed by atoms with E-state index in [1.165, 1.54) is 22.3 Å². The summed E-state index contributed by atoms with van der Waals surface area (Å²) in [7, 11) is 0. The summed E-state index contributed by atoms with van der Waals surface area (Å²) in [6, 6.07) is 16.6. The van der Waals surface area contributed by atoms with Crippen LogP contribution in [0.15, 0.2) is 53.5 Å². The average molecular weight is 558 g/mol. The molecule has 2 aliphatic heterocycles. The number of anilines is 2. The molecule has 0 spiro atoms. The molecule has 1 fully saturated rings. The van der Waals surface area contributed by atoms with E-state index < -0.39 is 0 Å². The molecule has 2 aliphatic rings. The number of aromatic nitrogens is 1. The van der Waals surface area contributed by atoms with Crippen molar-refractivity contribution in [2.24, 2.45) is 4.99 Å². The Morgan fingerprint density at radius 3 is 2.76 bits per heavy atom. The van der Waals surface area contributed by atoms with E-state index in [0.29, 0.717) is 18.7 Å². The van der Waals surface area contributed by atoms with Gasteiger partial charge in [-0.2, -0.15) is 0 Å². The summed E-state index contributed by atoms with van der Waals surface area (Å²) in [6.45, 7) is 10.3. The van der Waals surface area contributed by atoms with E-state index in [1.54, 1.807) is 6.07 Å². The van der Waals surface area contributed by atoms with E-state index in [4.69, 9.17) is 9.73 Å². The molecule has 2 aromatic carbocycles. The molecule has 0 amide bonds. The van der Waals surface area contributed by atoms with Crippen LogP contribution in [0.3, 0.4) is 0 Å². The van der Waals surface area contributed by atoms with Gasteiger partial charge in [0.1, 0.15) is 11.6 Å². The monoisotopic (exact) mass is 557 g/mol. The summed E-state index contributed by atoms with van der Waals surface area (Å²) in [4.78, 5) is 12.1. The third kappa shape index (κ3) is 7.64. The molecule has 3 heterocycles. The zero-order valence-electron chi connectivity index (χ0n) is 24.3. The number of nitrogens with zero attached hydrogens (tertiary/aromatic N) is 3. The van der Waals surface area contributed by atoms with Crippen LogP contribution < -0.4 is 10.6 Å². The highest BCUT2D eigenvalue weighted by Gasteiger charge is 2.30. The summed E-state index contributed by atoms with van der Waals surface area (Å²) in [5, 5.41) is 27.1. The fourth-order valence-electron chi connectivity index (χ4n) is 5.66. The molecule has 8 nitrogen and oxygen atoms in total. The van der Waals surface area contributed by atoms with Crippen LogP contribution in [0, 0.1) is 13.8 Å². The Kier molecular flexibility index (Phi) is 9.88. The van der Waals surface area contributed by atoms with Crippen molar-refractivity contribution in [2.75, 3.05) is 56.6 Å². The molecule has 1 atom stereocenters. The Bertz CT molecular complexity index is 1350. The normalized spacial score (nSPS) is 17.9. The molecule has 0 aliphatic carbocycles. The number of aliphatic hydroxyl groups excluding tert-OH is 1. The Balaban J connectivity index is 1.34. The van der Waals surface area contributed by atoms with Gasteiger partial charge in [-0.3, -0.25) is 14.9 Å². The van der Waals surface area contributed by atoms with Crippen molar-refractivity contribution in [2.45, 2.75) is 52.0 Å². The van der Waals surface area contributed by atoms with Gasteiger partial charge in [0.25, 0.3) is 0 Å². The van der Waals surface area contributed by atoms with Crippen LogP contribution >= 0.6 is 0 Å². The molecule has 218 valence electrons. The van der Waals surface area contributed by atoms with Crippen LogP contribution in [-0.4, -0.2) is 71.9 Å². The van der Waals surface area contributed by atoms with Gasteiger partial charge in [0.2, 0.25) is 0 Å². The number of fused-ring (bicyclic) bond motifs is 1. The first-order valence-corrected chi connectivity index (χ1v) is 14.8. The first-order valence-electron chi connectivity index (χ1n) is 14.8. The number of hydrogen-bond acceptors (Lipinski definition) is 7. The summed E-state index contributed by atoms with van der Waals surface area (Å²) in [5.74, 6) is 1.16. The third-order valence-electron chi connectivity index (χ3n) is 7.94. The molecule has 41 heavy (non-hydrogen) atoms. The first kappa shape index (κ1) is 29.0. The Morgan fingerprint density at radius 1 is 1.07 bits per heavy atom. The zero-order chi connectivity index (χ0) is 28.6. The van der Waals surface area contributed by atoms with Gasteiger partial charge in [-0.15, -0.1) is 0 Å². The largest absolute Gasteiger partial charge is 0.506 e. The van der Waals surface area contributed by atoms with Crippen molar-refractivity contribution >= 4 is 17.2 Å². The highest BCUT2D eigenvalue weighted by atomic mass is 16.5. The number of hydrogen-bond donors (Lipinski definition) is 4. The number of morpholine rings is 1. The maximum Gasteiger partial charge on any atom is 0.137 e. The maximum atomic E-state index is 10.6. The highest BCUT2D eigenvalue weighted by Crippen LogP contribution is 2.37.